The standard InChI is InChI=1S/C7H15N3O/c1-6(2)9-7(11)10-5-3-4-8-10/h6,8H,3-5H2,1-2H3,(H,9,11). The van der Waals surface area contributed by atoms with Gasteiger partial charge in [0.15, 0.2) is 0 Å². The van der Waals surface area contributed by atoms with Crippen molar-refractivity contribution in [2.45, 2.75) is 26.3 Å². The largest absolute Gasteiger partial charge is 0.335 e. The van der Waals surface area contributed by atoms with Gasteiger partial charge in [0.05, 0.1) is 0 Å². The smallest absolute Gasteiger partial charge is 0.331 e. The number of hydrogen-bond donors (Lipinski definition) is 2. The van der Waals surface area contributed by atoms with Crippen LogP contribution in [-0.2, 0) is 0 Å². The van der Waals surface area contributed by atoms with Crippen LogP contribution < -0.4 is 10.7 Å². The molecule has 1 heterocycles. The number of rotatable bonds is 1. The van der Waals surface area contributed by atoms with Gasteiger partial charge in [-0.25, -0.2) is 10.2 Å². The zero-order valence-corrected chi connectivity index (χ0v) is 7.05. The SMILES string of the molecule is CC(C)NC(=O)N1CCCN1. The summed E-state index contributed by atoms with van der Waals surface area (Å²) in [5.41, 5.74) is 2.98. The quantitative estimate of drug-likeness (QED) is 0.575. The molecule has 0 aromatic heterocycles. The van der Waals surface area contributed by atoms with E-state index in [0.717, 1.165) is 19.5 Å². The van der Waals surface area contributed by atoms with E-state index < -0.39 is 0 Å². The van der Waals surface area contributed by atoms with Crippen LogP contribution in [0.4, 0.5) is 4.79 Å². The van der Waals surface area contributed by atoms with E-state index in [2.05, 4.69) is 10.7 Å². The minimum Gasteiger partial charge on any atom is -0.335 e. The summed E-state index contributed by atoms with van der Waals surface area (Å²) in [5.74, 6) is 0. The van der Waals surface area contributed by atoms with E-state index in [1.807, 2.05) is 13.8 Å². The molecule has 1 saturated heterocycles. The number of amides is 2. The molecule has 11 heavy (non-hydrogen) atoms. The van der Waals surface area contributed by atoms with Crippen LogP contribution >= 0.6 is 0 Å². The van der Waals surface area contributed by atoms with Gasteiger partial charge in [0.25, 0.3) is 0 Å². The first-order valence-corrected chi connectivity index (χ1v) is 4.01. The summed E-state index contributed by atoms with van der Waals surface area (Å²) < 4.78 is 0. The Hall–Kier alpha value is -0.770. The van der Waals surface area contributed by atoms with E-state index in [-0.39, 0.29) is 12.1 Å². The molecule has 2 N–H and O–H groups in total. The summed E-state index contributed by atoms with van der Waals surface area (Å²) in [4.78, 5) is 11.2. The van der Waals surface area contributed by atoms with Crippen LogP contribution in [0.15, 0.2) is 0 Å². The van der Waals surface area contributed by atoms with Crippen molar-refractivity contribution in [2.24, 2.45) is 0 Å². The average Bonchev–Trinajstić information content (AvgIpc) is 2.35. The maximum atomic E-state index is 11.2. The van der Waals surface area contributed by atoms with Crippen LogP contribution in [0.3, 0.4) is 0 Å². The number of nitrogens with one attached hydrogen (secondary N) is 2. The third kappa shape index (κ3) is 2.38. The lowest BCUT2D eigenvalue weighted by Crippen LogP contribution is -2.46. The number of hydrogen-bond acceptors (Lipinski definition) is 2. The molecule has 0 aromatic rings. The molecule has 2 amide bonds. The molecule has 0 aliphatic carbocycles. The summed E-state index contributed by atoms with van der Waals surface area (Å²) in [6, 6.07) is 0.197. The van der Waals surface area contributed by atoms with Crippen molar-refractivity contribution in [1.29, 1.82) is 0 Å². The molecule has 1 rings (SSSR count). The first-order valence-electron chi connectivity index (χ1n) is 4.01. The van der Waals surface area contributed by atoms with Crippen LogP contribution in [0.1, 0.15) is 20.3 Å². The van der Waals surface area contributed by atoms with E-state index in [4.69, 9.17) is 0 Å². The average molecular weight is 157 g/mol. The van der Waals surface area contributed by atoms with Gasteiger partial charge in [-0.05, 0) is 20.3 Å². The molecule has 1 aliphatic heterocycles. The first kappa shape index (κ1) is 8.33. The minimum absolute atomic E-state index is 0.0162. The van der Waals surface area contributed by atoms with E-state index in [9.17, 15) is 4.79 Å². The Morgan fingerprint density at radius 3 is 2.82 bits per heavy atom. The maximum Gasteiger partial charge on any atom is 0.331 e. The summed E-state index contributed by atoms with van der Waals surface area (Å²) in [7, 11) is 0. The van der Waals surface area contributed by atoms with Gasteiger partial charge >= 0.3 is 6.03 Å². The molecule has 1 fully saturated rings. The van der Waals surface area contributed by atoms with Gasteiger partial charge in [-0.15, -0.1) is 0 Å². The van der Waals surface area contributed by atoms with Crippen LogP contribution in [0, 0.1) is 0 Å². The Labute approximate surface area is 66.9 Å². The third-order valence-electron chi connectivity index (χ3n) is 1.52. The maximum absolute atomic E-state index is 11.2. The van der Waals surface area contributed by atoms with Gasteiger partial charge in [0, 0.05) is 19.1 Å². The lowest BCUT2D eigenvalue weighted by molar-refractivity contribution is 0.189. The van der Waals surface area contributed by atoms with Crippen molar-refractivity contribution in [3.63, 3.8) is 0 Å². The van der Waals surface area contributed by atoms with Gasteiger partial charge in [0.2, 0.25) is 0 Å². The molecule has 0 aromatic carbocycles. The van der Waals surface area contributed by atoms with E-state index in [1.165, 1.54) is 0 Å². The lowest BCUT2D eigenvalue weighted by atomic mass is 10.4. The monoisotopic (exact) mass is 157 g/mol. The van der Waals surface area contributed by atoms with Gasteiger partial charge in [-0.2, -0.15) is 0 Å². The highest BCUT2D eigenvalue weighted by molar-refractivity contribution is 5.74. The van der Waals surface area contributed by atoms with Crippen molar-refractivity contribution in [3.8, 4) is 0 Å². The molecule has 64 valence electrons. The molecular weight excluding hydrogens is 142 g/mol. The Morgan fingerprint density at radius 1 is 1.64 bits per heavy atom. The van der Waals surface area contributed by atoms with Crippen molar-refractivity contribution in [1.82, 2.24) is 15.8 Å². The fourth-order valence-corrected chi connectivity index (χ4v) is 1.03. The van der Waals surface area contributed by atoms with Crippen LogP contribution in [0.5, 0.6) is 0 Å². The Morgan fingerprint density at radius 2 is 2.36 bits per heavy atom. The first-order chi connectivity index (χ1) is 5.20. The van der Waals surface area contributed by atoms with Crippen molar-refractivity contribution in [3.05, 3.63) is 0 Å². The number of carbonyl (C=O) groups excluding carboxylic acids is 1. The normalized spacial score (nSPS) is 17.5. The number of hydrazine groups is 1. The molecule has 1 aliphatic rings. The molecule has 0 atom stereocenters. The van der Waals surface area contributed by atoms with Gasteiger partial charge < -0.3 is 5.32 Å². The summed E-state index contributed by atoms with van der Waals surface area (Å²) in [6.07, 6.45) is 1.05. The predicted octanol–water partition coefficient (Wildman–Crippen LogP) is 0.315. The van der Waals surface area contributed by atoms with E-state index in [0.29, 0.717) is 0 Å². The zero-order chi connectivity index (χ0) is 8.27. The van der Waals surface area contributed by atoms with Crippen LogP contribution in [0.2, 0.25) is 0 Å². The predicted molar refractivity (Wildman–Crippen MR) is 43.0 cm³/mol. The Kier molecular flexibility index (Phi) is 2.70. The highest BCUT2D eigenvalue weighted by Gasteiger charge is 2.17. The molecule has 0 radical (unpaired) electrons. The molecule has 0 bridgehead atoms. The summed E-state index contributed by atoms with van der Waals surface area (Å²) >= 11 is 0. The summed E-state index contributed by atoms with van der Waals surface area (Å²) in [5, 5.41) is 4.43. The van der Waals surface area contributed by atoms with E-state index >= 15 is 0 Å². The summed E-state index contributed by atoms with van der Waals surface area (Å²) in [6.45, 7) is 5.63. The number of carbonyl (C=O) groups is 1. The van der Waals surface area contributed by atoms with Gasteiger partial charge in [0.1, 0.15) is 0 Å². The fraction of sp³-hybridized carbons (Fsp3) is 0.857. The van der Waals surface area contributed by atoms with Crippen molar-refractivity contribution < 1.29 is 4.79 Å². The molecule has 0 saturated carbocycles. The zero-order valence-electron chi connectivity index (χ0n) is 7.05. The molecule has 4 heteroatoms. The second kappa shape index (κ2) is 3.57. The highest BCUT2D eigenvalue weighted by Crippen LogP contribution is 1.96. The van der Waals surface area contributed by atoms with E-state index in [1.54, 1.807) is 5.01 Å². The van der Waals surface area contributed by atoms with Gasteiger partial charge in [-0.1, -0.05) is 0 Å². The van der Waals surface area contributed by atoms with Crippen LogP contribution in [0.25, 0.3) is 0 Å². The van der Waals surface area contributed by atoms with Crippen molar-refractivity contribution in [2.75, 3.05) is 13.1 Å². The topological polar surface area (TPSA) is 44.4 Å². The van der Waals surface area contributed by atoms with Gasteiger partial charge in [-0.3, -0.25) is 5.01 Å². The molecule has 4 nitrogen and oxygen atoms in total. The lowest BCUT2D eigenvalue weighted by Gasteiger charge is -2.17. The van der Waals surface area contributed by atoms with Crippen molar-refractivity contribution >= 4 is 6.03 Å². The minimum atomic E-state index is -0.0162. The molecule has 0 unspecified atom stereocenters. The second-order valence-electron chi connectivity index (χ2n) is 3.02. The number of urea groups is 1. The third-order valence-corrected chi connectivity index (χ3v) is 1.52. The highest BCUT2D eigenvalue weighted by atomic mass is 16.2. The fourth-order valence-electron chi connectivity index (χ4n) is 1.03. The van der Waals surface area contributed by atoms with Crippen LogP contribution in [-0.4, -0.2) is 30.2 Å². The number of nitrogens with zero attached hydrogens (tertiary/aromatic N) is 1. The Balaban J connectivity index is 2.28. The molecular formula is C7H15N3O. The molecule has 0 spiro atoms. The second-order valence-corrected chi connectivity index (χ2v) is 3.02. The Bertz CT molecular complexity index is 141.